The quantitative estimate of drug-likeness (QED) is 0.312. The molecule has 0 atom stereocenters. The summed E-state index contributed by atoms with van der Waals surface area (Å²) in [7, 11) is 0. The van der Waals surface area contributed by atoms with Gasteiger partial charge >= 0.3 is 0 Å². The lowest BCUT2D eigenvalue weighted by atomic mass is 9.86. The van der Waals surface area contributed by atoms with Crippen LogP contribution in [0.3, 0.4) is 0 Å². The normalized spacial score (nSPS) is 10.9. The summed E-state index contributed by atoms with van der Waals surface area (Å²) in [6.45, 7) is 0. The Kier molecular flexibility index (Phi) is 4.23. The molecule has 0 aliphatic heterocycles. The highest BCUT2D eigenvalue weighted by Crippen LogP contribution is 2.42. The minimum absolute atomic E-state index is 1.12. The Morgan fingerprint density at radius 1 is 0.464 bits per heavy atom. The highest BCUT2D eigenvalue weighted by atomic mass is 14.2. The van der Waals surface area contributed by atoms with Crippen LogP contribution in [-0.4, -0.2) is 0 Å². The second-order valence-electron chi connectivity index (χ2n) is 6.90. The smallest absolute Gasteiger partial charge is 0.00204 e. The van der Waals surface area contributed by atoms with Gasteiger partial charge in [-0.3, -0.25) is 0 Å². The molecule has 5 aromatic carbocycles. The molecule has 0 N–H and O–H groups in total. The molecule has 0 nitrogen and oxygen atoms in total. The summed E-state index contributed by atoms with van der Waals surface area (Å²) < 4.78 is 0. The van der Waals surface area contributed by atoms with Crippen molar-refractivity contribution < 1.29 is 0 Å². The van der Waals surface area contributed by atoms with E-state index in [1.54, 1.807) is 0 Å². The number of fused-ring (bicyclic) bond motifs is 1. The van der Waals surface area contributed by atoms with Crippen LogP contribution in [0.15, 0.2) is 115 Å². The predicted octanol–water partition coefficient (Wildman–Crippen LogP) is 7.64. The van der Waals surface area contributed by atoms with Crippen molar-refractivity contribution >= 4 is 10.8 Å². The van der Waals surface area contributed by atoms with Crippen molar-refractivity contribution in [1.29, 1.82) is 0 Å². The highest BCUT2D eigenvalue weighted by molar-refractivity contribution is 6.11. The number of rotatable bonds is 3. The molecule has 0 saturated heterocycles. The van der Waals surface area contributed by atoms with Gasteiger partial charge in [-0.25, -0.2) is 0 Å². The van der Waals surface area contributed by atoms with Gasteiger partial charge in [0.25, 0.3) is 0 Å². The Labute approximate surface area is 165 Å². The monoisotopic (exact) mass is 355 g/mol. The van der Waals surface area contributed by atoms with E-state index in [0.717, 1.165) is 5.56 Å². The largest absolute Gasteiger partial charge is 0.0622 e. The third-order valence-corrected chi connectivity index (χ3v) is 5.19. The molecule has 0 heterocycles. The van der Waals surface area contributed by atoms with Gasteiger partial charge in [-0.1, -0.05) is 115 Å². The standard InChI is InChI=1S/C28H19/c1-4-11-21(12-5-1)25-18-10-17-24-19-20-26(22-13-6-2-7-14-22)27(28(24)25)23-15-8-3-9-16-23/h1-13,15-20H. The molecule has 0 bridgehead atoms. The Bertz CT molecular complexity index is 1220. The predicted molar refractivity (Wildman–Crippen MR) is 119 cm³/mol. The van der Waals surface area contributed by atoms with Gasteiger partial charge in [0, 0.05) is 0 Å². The zero-order chi connectivity index (χ0) is 18.8. The van der Waals surface area contributed by atoms with E-state index in [1.165, 1.54) is 38.6 Å². The van der Waals surface area contributed by atoms with Gasteiger partial charge in [-0.15, -0.1) is 0 Å². The van der Waals surface area contributed by atoms with Crippen LogP contribution in [0.4, 0.5) is 0 Å². The molecular formula is C28H19. The van der Waals surface area contributed by atoms with Crippen LogP contribution in [0.5, 0.6) is 0 Å². The summed E-state index contributed by atoms with van der Waals surface area (Å²) >= 11 is 0. The maximum atomic E-state index is 3.42. The molecule has 5 rings (SSSR count). The van der Waals surface area contributed by atoms with Crippen molar-refractivity contribution in [2.45, 2.75) is 0 Å². The first-order chi connectivity index (χ1) is 13.9. The average Bonchev–Trinajstić information content (AvgIpc) is 2.79. The molecule has 1 radical (unpaired) electrons. The van der Waals surface area contributed by atoms with Crippen LogP contribution in [-0.2, 0) is 0 Å². The van der Waals surface area contributed by atoms with Crippen molar-refractivity contribution in [2.24, 2.45) is 0 Å². The molecule has 0 spiro atoms. The molecule has 0 aliphatic carbocycles. The lowest BCUT2D eigenvalue weighted by molar-refractivity contribution is 1.59. The zero-order valence-corrected chi connectivity index (χ0v) is 15.5. The lowest BCUT2D eigenvalue weighted by Crippen LogP contribution is -1.91. The fourth-order valence-corrected chi connectivity index (χ4v) is 3.93. The molecular weight excluding hydrogens is 336 g/mol. The molecule has 28 heavy (non-hydrogen) atoms. The van der Waals surface area contributed by atoms with Gasteiger partial charge in [-0.2, -0.15) is 0 Å². The number of hydrogen-bond acceptors (Lipinski definition) is 0. The summed E-state index contributed by atoms with van der Waals surface area (Å²) in [6, 6.07) is 44.0. The lowest BCUT2D eigenvalue weighted by Gasteiger charge is -2.17. The highest BCUT2D eigenvalue weighted by Gasteiger charge is 2.15. The SMILES string of the molecule is [c]1ccccc1-c1ccc2cccc(-c3ccccc3)c2c1-c1ccccc1. The van der Waals surface area contributed by atoms with Crippen LogP contribution < -0.4 is 0 Å². The fraction of sp³-hybridized carbons (Fsp3) is 0. The molecule has 0 amide bonds. The third-order valence-electron chi connectivity index (χ3n) is 5.19. The van der Waals surface area contributed by atoms with Crippen LogP contribution in [0.2, 0.25) is 0 Å². The average molecular weight is 355 g/mol. The third kappa shape index (κ3) is 2.90. The van der Waals surface area contributed by atoms with Crippen molar-refractivity contribution in [3.63, 3.8) is 0 Å². The first-order valence-corrected chi connectivity index (χ1v) is 9.55. The Morgan fingerprint density at radius 3 is 1.89 bits per heavy atom. The first-order valence-electron chi connectivity index (χ1n) is 9.55. The Balaban J connectivity index is 1.93. The molecule has 0 saturated carbocycles. The first kappa shape index (κ1) is 16.5. The maximum absolute atomic E-state index is 3.42. The molecule has 0 unspecified atom stereocenters. The van der Waals surface area contributed by atoms with E-state index in [1.807, 2.05) is 12.1 Å². The summed E-state index contributed by atoms with van der Waals surface area (Å²) in [4.78, 5) is 0. The second-order valence-corrected chi connectivity index (χ2v) is 6.90. The van der Waals surface area contributed by atoms with E-state index in [4.69, 9.17) is 0 Å². The molecule has 131 valence electrons. The summed E-state index contributed by atoms with van der Waals surface area (Å²) in [5, 5.41) is 2.54. The van der Waals surface area contributed by atoms with E-state index in [9.17, 15) is 0 Å². The molecule has 0 aliphatic rings. The zero-order valence-electron chi connectivity index (χ0n) is 15.5. The molecule has 0 heteroatoms. The summed E-state index contributed by atoms with van der Waals surface area (Å²) in [5.74, 6) is 0. The van der Waals surface area contributed by atoms with Crippen molar-refractivity contribution in [1.82, 2.24) is 0 Å². The van der Waals surface area contributed by atoms with Gasteiger partial charge in [-0.05, 0) is 50.2 Å². The van der Waals surface area contributed by atoms with Crippen LogP contribution >= 0.6 is 0 Å². The van der Waals surface area contributed by atoms with E-state index in [-0.39, 0.29) is 0 Å². The molecule has 0 fully saturated rings. The summed E-state index contributed by atoms with van der Waals surface area (Å²) in [6.07, 6.45) is 0. The van der Waals surface area contributed by atoms with E-state index >= 15 is 0 Å². The second kappa shape index (κ2) is 7.17. The molecule has 5 aromatic rings. The number of benzene rings is 5. The van der Waals surface area contributed by atoms with Crippen LogP contribution in [0.1, 0.15) is 0 Å². The van der Waals surface area contributed by atoms with Gasteiger partial charge in [0.05, 0.1) is 0 Å². The van der Waals surface area contributed by atoms with Gasteiger partial charge in [0.1, 0.15) is 0 Å². The van der Waals surface area contributed by atoms with Gasteiger partial charge < -0.3 is 0 Å². The maximum Gasteiger partial charge on any atom is -0.00204 e. The number of hydrogen-bond donors (Lipinski definition) is 0. The fourth-order valence-electron chi connectivity index (χ4n) is 3.93. The van der Waals surface area contributed by atoms with Gasteiger partial charge in [0.15, 0.2) is 0 Å². The molecule has 0 aromatic heterocycles. The Morgan fingerprint density at radius 2 is 1.18 bits per heavy atom. The summed E-state index contributed by atoms with van der Waals surface area (Å²) in [5.41, 5.74) is 7.31. The van der Waals surface area contributed by atoms with E-state index < -0.39 is 0 Å². The van der Waals surface area contributed by atoms with Crippen molar-refractivity contribution in [3.05, 3.63) is 121 Å². The van der Waals surface area contributed by atoms with Crippen LogP contribution in [0, 0.1) is 6.07 Å². The van der Waals surface area contributed by atoms with Crippen molar-refractivity contribution in [2.75, 3.05) is 0 Å². The van der Waals surface area contributed by atoms with E-state index in [0.29, 0.717) is 0 Å². The van der Waals surface area contributed by atoms with E-state index in [2.05, 4.69) is 109 Å². The van der Waals surface area contributed by atoms with Gasteiger partial charge in [0.2, 0.25) is 0 Å². The van der Waals surface area contributed by atoms with Crippen LogP contribution in [0.25, 0.3) is 44.2 Å². The van der Waals surface area contributed by atoms with Crippen molar-refractivity contribution in [3.8, 4) is 33.4 Å². The Hall–Kier alpha value is -3.64. The minimum Gasteiger partial charge on any atom is -0.0622 e. The topological polar surface area (TPSA) is 0 Å². The minimum atomic E-state index is 1.12.